The van der Waals surface area contributed by atoms with Gasteiger partial charge in [0.2, 0.25) is 0 Å². The van der Waals surface area contributed by atoms with Crippen molar-refractivity contribution in [2.24, 2.45) is 0 Å². The first-order valence-electron chi connectivity index (χ1n) is 4.95. The molecule has 0 heterocycles. The first-order valence-corrected chi connectivity index (χ1v) is 6.04. The van der Waals surface area contributed by atoms with Gasteiger partial charge < -0.3 is 4.74 Å². The van der Waals surface area contributed by atoms with Crippen molar-refractivity contribution in [3.63, 3.8) is 0 Å². The molecule has 5 nitrogen and oxygen atoms in total. The minimum Gasteiger partial charge on any atom is -0.453 e. The number of hydrogen-bond donors (Lipinski definition) is 1. The zero-order valence-corrected chi connectivity index (χ0v) is 10.4. The summed E-state index contributed by atoms with van der Waals surface area (Å²) in [5.41, 5.74) is 0.793. The second kappa shape index (κ2) is 6.39. The van der Waals surface area contributed by atoms with Crippen LogP contribution < -0.4 is 0 Å². The molecule has 0 aliphatic heterocycles. The van der Waals surface area contributed by atoms with E-state index in [0.717, 1.165) is 5.56 Å². The number of rotatable bonds is 6. The Hall–Kier alpha value is -1.80. The van der Waals surface area contributed by atoms with Crippen molar-refractivity contribution in [2.75, 3.05) is 6.61 Å². The van der Waals surface area contributed by atoms with Gasteiger partial charge in [0.05, 0.1) is 5.56 Å². The van der Waals surface area contributed by atoms with Gasteiger partial charge in [-0.2, -0.15) is 13.0 Å². The van der Waals surface area contributed by atoms with Crippen molar-refractivity contribution in [1.29, 1.82) is 0 Å². The van der Waals surface area contributed by atoms with Gasteiger partial charge in [0.15, 0.2) is 6.61 Å². The zero-order valence-electron chi connectivity index (χ0n) is 9.55. The molecule has 0 radical (unpaired) electrons. The highest BCUT2D eigenvalue weighted by Gasteiger charge is 2.34. The summed E-state index contributed by atoms with van der Waals surface area (Å²) in [6.45, 7) is 2.02. The van der Waals surface area contributed by atoms with Crippen LogP contribution in [-0.4, -0.2) is 27.1 Å². The van der Waals surface area contributed by atoms with Gasteiger partial charge in [0, 0.05) is 0 Å². The second-order valence-corrected chi connectivity index (χ2v) is 3.98. The number of hydrogen-bond acceptors (Lipinski definition) is 5. The molecular formula is C11H10F2O5S. The zero-order chi connectivity index (χ0) is 14.5. The quantitative estimate of drug-likeness (QED) is 0.637. The average molecular weight is 292 g/mol. The number of alkyl halides is 2. The van der Waals surface area contributed by atoms with Crippen LogP contribution in [-0.2, 0) is 19.9 Å². The maximum atomic E-state index is 12.8. The molecule has 104 valence electrons. The molecule has 0 spiro atoms. The third kappa shape index (κ3) is 5.14. The van der Waals surface area contributed by atoms with Crippen molar-refractivity contribution >= 4 is 23.0 Å². The van der Waals surface area contributed by atoms with Gasteiger partial charge in [-0.1, -0.05) is 24.8 Å². The highest BCUT2D eigenvalue weighted by atomic mass is 32.2. The Kier molecular flexibility index (Phi) is 5.13. The topological polar surface area (TPSA) is 69.7 Å². The number of carbonyl (C=O) groups is 1. The second-order valence-electron chi connectivity index (χ2n) is 3.35. The number of carbonyl (C=O) groups excluding carboxylic acids is 1. The van der Waals surface area contributed by atoms with E-state index in [1.807, 2.05) is 0 Å². The fourth-order valence-electron chi connectivity index (χ4n) is 1.12. The van der Waals surface area contributed by atoms with Crippen molar-refractivity contribution in [1.82, 2.24) is 0 Å². The molecule has 0 aromatic heterocycles. The third-order valence-corrected chi connectivity index (χ3v) is 2.38. The van der Waals surface area contributed by atoms with Gasteiger partial charge in [0.25, 0.3) is 11.0 Å². The lowest BCUT2D eigenvalue weighted by atomic mass is 10.1. The molecule has 0 atom stereocenters. The Balaban J connectivity index is 2.61. The first-order chi connectivity index (χ1) is 8.84. The highest BCUT2D eigenvalue weighted by Crippen LogP contribution is 2.17. The summed E-state index contributed by atoms with van der Waals surface area (Å²) in [6.07, 6.45) is -2.53. The van der Waals surface area contributed by atoms with Crippen LogP contribution in [0.25, 0.3) is 6.08 Å². The van der Waals surface area contributed by atoms with E-state index in [4.69, 9.17) is 0 Å². The fraction of sp³-hybridized carbons (Fsp3) is 0.182. The van der Waals surface area contributed by atoms with Crippen LogP contribution in [0.5, 0.6) is 0 Å². The normalized spacial score (nSPS) is 11.3. The molecule has 0 bridgehead atoms. The molecule has 0 amide bonds. The molecule has 19 heavy (non-hydrogen) atoms. The molecular weight excluding hydrogens is 282 g/mol. The molecule has 0 saturated carbocycles. The molecule has 0 saturated heterocycles. The number of esters is 1. The van der Waals surface area contributed by atoms with E-state index in [1.54, 1.807) is 18.2 Å². The Labute approximate surface area is 109 Å². The minimum atomic E-state index is -4.08. The SMILES string of the molecule is C=Cc1ccc(C(=O)OCC(F)(F)O[SH](=O)=O)cc1. The van der Waals surface area contributed by atoms with Crippen molar-refractivity contribution in [3.05, 3.63) is 42.0 Å². The molecule has 1 aromatic rings. The molecule has 1 rings (SSSR count). The van der Waals surface area contributed by atoms with E-state index in [1.165, 1.54) is 12.1 Å². The maximum absolute atomic E-state index is 12.8. The van der Waals surface area contributed by atoms with Crippen LogP contribution in [0.2, 0.25) is 0 Å². The summed E-state index contributed by atoms with van der Waals surface area (Å²) in [7, 11) is -3.73. The summed E-state index contributed by atoms with van der Waals surface area (Å²) >= 11 is 0. The predicted octanol–water partition coefficient (Wildman–Crippen LogP) is 1.62. The summed E-state index contributed by atoms with van der Waals surface area (Å²) in [5, 5.41) is 0. The summed E-state index contributed by atoms with van der Waals surface area (Å²) in [6, 6.07) is 5.83. The maximum Gasteiger partial charge on any atom is 0.403 e. The van der Waals surface area contributed by atoms with Gasteiger partial charge in [-0.05, 0) is 17.7 Å². The standard InChI is InChI=1S/C11H10F2O5S/c1-2-8-3-5-9(6-4-8)10(14)17-7-11(12,13)18-19(15)16/h2-6,19H,1,7H2. The van der Waals surface area contributed by atoms with Gasteiger partial charge in [-0.15, -0.1) is 0 Å². The number of benzene rings is 1. The lowest BCUT2D eigenvalue weighted by molar-refractivity contribution is -0.196. The number of thiol groups is 1. The van der Waals surface area contributed by atoms with Crippen molar-refractivity contribution in [2.45, 2.75) is 6.11 Å². The first kappa shape index (κ1) is 15.3. The summed E-state index contributed by atoms with van der Waals surface area (Å²) < 4.78 is 53.1. The van der Waals surface area contributed by atoms with E-state index < -0.39 is 29.7 Å². The Bertz CT molecular complexity index is 529. The van der Waals surface area contributed by atoms with Crippen LogP contribution in [0.15, 0.2) is 30.8 Å². The summed E-state index contributed by atoms with van der Waals surface area (Å²) in [5.74, 6) is -1.01. The van der Waals surface area contributed by atoms with Crippen molar-refractivity contribution < 1.29 is 30.9 Å². The van der Waals surface area contributed by atoms with E-state index in [9.17, 15) is 22.0 Å². The molecule has 0 N–H and O–H groups in total. The van der Waals surface area contributed by atoms with E-state index in [2.05, 4.69) is 15.5 Å². The smallest absolute Gasteiger partial charge is 0.403 e. The Morgan fingerprint density at radius 1 is 1.32 bits per heavy atom. The molecule has 0 fully saturated rings. The minimum absolute atomic E-state index is 0.0490. The van der Waals surface area contributed by atoms with E-state index >= 15 is 0 Å². The Morgan fingerprint density at radius 3 is 2.37 bits per heavy atom. The largest absolute Gasteiger partial charge is 0.453 e. The van der Waals surface area contributed by atoms with E-state index in [0.29, 0.717) is 0 Å². The third-order valence-electron chi connectivity index (χ3n) is 1.96. The van der Waals surface area contributed by atoms with Crippen LogP contribution in [0.4, 0.5) is 8.78 Å². The van der Waals surface area contributed by atoms with Gasteiger partial charge in [0.1, 0.15) is 0 Å². The average Bonchev–Trinajstić information content (AvgIpc) is 2.34. The highest BCUT2D eigenvalue weighted by molar-refractivity contribution is 7.67. The molecule has 8 heteroatoms. The lowest BCUT2D eigenvalue weighted by Gasteiger charge is -2.12. The van der Waals surface area contributed by atoms with Crippen LogP contribution >= 0.6 is 0 Å². The molecule has 0 aliphatic carbocycles. The van der Waals surface area contributed by atoms with Crippen LogP contribution in [0.3, 0.4) is 0 Å². The van der Waals surface area contributed by atoms with Crippen molar-refractivity contribution in [3.8, 4) is 0 Å². The van der Waals surface area contributed by atoms with Gasteiger partial charge >= 0.3 is 12.1 Å². The number of halogens is 2. The Morgan fingerprint density at radius 2 is 1.89 bits per heavy atom. The fourth-order valence-corrected chi connectivity index (χ4v) is 1.39. The van der Waals surface area contributed by atoms with Gasteiger partial charge in [-0.3, -0.25) is 0 Å². The van der Waals surface area contributed by atoms with Gasteiger partial charge in [-0.25, -0.2) is 13.2 Å². The molecule has 0 aliphatic rings. The lowest BCUT2D eigenvalue weighted by Crippen LogP contribution is -2.28. The molecule has 1 aromatic carbocycles. The van der Waals surface area contributed by atoms with Crippen LogP contribution in [0, 0.1) is 0 Å². The predicted molar refractivity (Wildman–Crippen MR) is 63.2 cm³/mol. The van der Waals surface area contributed by atoms with E-state index in [-0.39, 0.29) is 5.56 Å². The number of ether oxygens (including phenoxy) is 1. The monoisotopic (exact) mass is 292 g/mol. The molecule has 0 unspecified atom stereocenters. The van der Waals surface area contributed by atoms with Crippen LogP contribution in [0.1, 0.15) is 15.9 Å². The summed E-state index contributed by atoms with van der Waals surface area (Å²) in [4.78, 5) is 11.4.